The van der Waals surface area contributed by atoms with Gasteiger partial charge in [0.2, 0.25) is 5.91 Å². The number of phenolic OH excluding ortho intramolecular Hbond substituents is 1. The van der Waals surface area contributed by atoms with E-state index in [-0.39, 0.29) is 12.2 Å². The Morgan fingerprint density at radius 3 is 2.14 bits per heavy atom. The van der Waals surface area contributed by atoms with Crippen molar-refractivity contribution in [3.05, 3.63) is 82.6 Å². The Bertz CT molecular complexity index is 1240. The van der Waals surface area contributed by atoms with Gasteiger partial charge >= 0.3 is 0 Å². The van der Waals surface area contributed by atoms with Crippen molar-refractivity contribution in [3.8, 4) is 11.5 Å². The Morgan fingerprint density at radius 1 is 1.03 bits per heavy atom. The molecule has 0 radical (unpaired) electrons. The zero-order valence-electron chi connectivity index (χ0n) is 18.1. The number of carbonyl (C=O) groups is 2. The minimum absolute atomic E-state index is 0.00991. The van der Waals surface area contributed by atoms with E-state index in [1.54, 1.807) is 43.5 Å². The van der Waals surface area contributed by atoms with Gasteiger partial charge in [-0.2, -0.15) is 0 Å². The van der Waals surface area contributed by atoms with Gasteiger partial charge in [0.15, 0.2) is 5.78 Å². The van der Waals surface area contributed by atoms with E-state index in [0.29, 0.717) is 45.5 Å². The highest BCUT2D eigenvalue weighted by atomic mass is 79.9. The first-order valence-electron chi connectivity index (χ1n) is 10.1. The fraction of sp³-hybridized carbons (Fsp3) is 0.167. The molecule has 0 aliphatic rings. The maximum absolute atomic E-state index is 13.6. The third-order valence-electron chi connectivity index (χ3n) is 5.19. The largest absolute Gasteiger partial charge is 0.506 e. The lowest BCUT2D eigenvalue weighted by molar-refractivity contribution is -0.132. The summed E-state index contributed by atoms with van der Waals surface area (Å²) in [6.07, 6.45) is 0.0738. The molecule has 0 aromatic heterocycles. The molecular formula is C24H19Br4ClN2O4. The SMILES string of the molecule is COc1c(Br)cc(CC(C(=O)Nc2cc(Br)c(O)c(Br)c2)C(=O)C(N)c2ccccc2Cl)cc1Br. The Balaban J connectivity index is 1.98. The maximum Gasteiger partial charge on any atom is 0.235 e. The fourth-order valence-corrected chi connectivity index (χ4v) is 6.49. The number of methoxy groups -OCH3 is 1. The molecule has 2 atom stereocenters. The number of hydrogen-bond donors (Lipinski definition) is 3. The predicted octanol–water partition coefficient (Wildman–Crippen LogP) is 7.17. The second-order valence-corrected chi connectivity index (χ2v) is 11.4. The number of nitrogens with two attached hydrogens (primary N) is 1. The summed E-state index contributed by atoms with van der Waals surface area (Å²) in [5.74, 6) is -1.60. The third kappa shape index (κ3) is 6.67. The molecule has 0 saturated heterocycles. The molecule has 2 unspecified atom stereocenters. The van der Waals surface area contributed by atoms with Crippen molar-refractivity contribution in [1.82, 2.24) is 0 Å². The molecule has 0 aliphatic carbocycles. The number of ether oxygens (including phenoxy) is 1. The Morgan fingerprint density at radius 2 is 1.60 bits per heavy atom. The number of halogens is 5. The topological polar surface area (TPSA) is 102 Å². The molecule has 11 heteroatoms. The van der Waals surface area contributed by atoms with Gasteiger partial charge in [0.05, 0.1) is 31.0 Å². The number of rotatable bonds is 8. The van der Waals surface area contributed by atoms with Crippen LogP contribution in [0.2, 0.25) is 5.02 Å². The van der Waals surface area contributed by atoms with Crippen LogP contribution in [0.3, 0.4) is 0 Å². The molecule has 35 heavy (non-hydrogen) atoms. The second kappa shape index (κ2) is 12.2. The van der Waals surface area contributed by atoms with Crippen LogP contribution >= 0.6 is 75.3 Å². The lowest BCUT2D eigenvalue weighted by Gasteiger charge is -2.21. The number of aromatic hydroxyl groups is 1. The fourth-order valence-electron chi connectivity index (χ4n) is 3.45. The summed E-state index contributed by atoms with van der Waals surface area (Å²) in [6, 6.07) is 12.3. The van der Waals surface area contributed by atoms with Gasteiger partial charge in [-0.3, -0.25) is 9.59 Å². The molecule has 184 valence electrons. The molecule has 6 nitrogen and oxygen atoms in total. The molecule has 3 aromatic carbocycles. The average Bonchev–Trinajstić information content (AvgIpc) is 2.80. The van der Waals surface area contributed by atoms with Crippen LogP contribution in [0.1, 0.15) is 17.2 Å². The molecule has 0 spiro atoms. The van der Waals surface area contributed by atoms with Crippen LogP contribution in [-0.2, 0) is 16.0 Å². The highest BCUT2D eigenvalue weighted by Gasteiger charge is 2.33. The number of Topliss-reactive ketones (excluding diaryl/α,β-unsaturated/α-hetero) is 1. The van der Waals surface area contributed by atoms with Gasteiger partial charge in [0.25, 0.3) is 0 Å². The van der Waals surface area contributed by atoms with E-state index < -0.39 is 23.7 Å². The smallest absolute Gasteiger partial charge is 0.235 e. The molecule has 1 amide bonds. The first-order valence-corrected chi connectivity index (χ1v) is 13.6. The number of anilines is 1. The summed E-state index contributed by atoms with van der Waals surface area (Å²) < 4.78 is 7.43. The van der Waals surface area contributed by atoms with Crippen molar-refractivity contribution >= 4 is 92.7 Å². The number of hydrogen-bond acceptors (Lipinski definition) is 5. The average molecular weight is 754 g/mol. The van der Waals surface area contributed by atoms with Crippen LogP contribution in [0.15, 0.2) is 66.4 Å². The second-order valence-electron chi connectivity index (χ2n) is 7.53. The zero-order valence-corrected chi connectivity index (χ0v) is 25.2. The van der Waals surface area contributed by atoms with Crippen LogP contribution in [0.25, 0.3) is 0 Å². The molecule has 3 rings (SSSR count). The third-order valence-corrected chi connectivity index (χ3v) is 7.92. The lowest BCUT2D eigenvalue weighted by atomic mass is 9.88. The highest BCUT2D eigenvalue weighted by Crippen LogP contribution is 2.37. The predicted molar refractivity (Wildman–Crippen MR) is 151 cm³/mol. The van der Waals surface area contributed by atoms with Crippen LogP contribution in [-0.4, -0.2) is 23.9 Å². The zero-order chi connectivity index (χ0) is 25.9. The van der Waals surface area contributed by atoms with Crippen molar-refractivity contribution in [1.29, 1.82) is 0 Å². The van der Waals surface area contributed by atoms with Crippen molar-refractivity contribution in [2.24, 2.45) is 11.7 Å². The van der Waals surface area contributed by atoms with Crippen LogP contribution < -0.4 is 15.8 Å². The van der Waals surface area contributed by atoms with Crippen LogP contribution in [0, 0.1) is 5.92 Å². The van der Waals surface area contributed by atoms with E-state index in [0.717, 1.165) is 0 Å². The van der Waals surface area contributed by atoms with E-state index in [9.17, 15) is 14.7 Å². The Hall–Kier alpha value is -1.43. The summed E-state index contributed by atoms with van der Waals surface area (Å²) in [7, 11) is 1.54. The number of ketones is 1. The lowest BCUT2D eigenvalue weighted by Crippen LogP contribution is -2.37. The number of amides is 1. The summed E-state index contributed by atoms with van der Waals surface area (Å²) >= 11 is 19.7. The molecule has 3 aromatic rings. The molecule has 0 heterocycles. The van der Waals surface area contributed by atoms with Crippen molar-refractivity contribution in [3.63, 3.8) is 0 Å². The van der Waals surface area contributed by atoms with Gasteiger partial charge in [0.1, 0.15) is 17.4 Å². The number of benzene rings is 3. The number of nitrogens with one attached hydrogen (secondary N) is 1. The number of phenols is 1. The molecule has 0 fully saturated rings. The van der Waals surface area contributed by atoms with Crippen molar-refractivity contribution in [2.75, 3.05) is 12.4 Å². The summed E-state index contributed by atoms with van der Waals surface area (Å²) in [5, 5.41) is 13.1. The van der Waals surface area contributed by atoms with Crippen molar-refractivity contribution < 1.29 is 19.4 Å². The monoisotopic (exact) mass is 750 g/mol. The van der Waals surface area contributed by atoms with Gasteiger partial charge in [0, 0.05) is 10.7 Å². The van der Waals surface area contributed by atoms with Crippen LogP contribution in [0.5, 0.6) is 11.5 Å². The van der Waals surface area contributed by atoms with E-state index in [1.165, 1.54) is 12.1 Å². The van der Waals surface area contributed by atoms with Gasteiger partial charge < -0.3 is 20.9 Å². The summed E-state index contributed by atoms with van der Waals surface area (Å²) in [4.78, 5) is 27.0. The van der Waals surface area contributed by atoms with Crippen molar-refractivity contribution in [2.45, 2.75) is 12.5 Å². The number of carbonyl (C=O) groups excluding carboxylic acids is 2. The minimum atomic E-state index is -1.14. The highest BCUT2D eigenvalue weighted by molar-refractivity contribution is 9.11. The Labute approximate surface area is 241 Å². The Kier molecular flexibility index (Phi) is 9.82. The molecule has 0 aliphatic heterocycles. The first kappa shape index (κ1) is 28.1. The van der Waals surface area contributed by atoms with Crippen LogP contribution in [0.4, 0.5) is 5.69 Å². The van der Waals surface area contributed by atoms with E-state index >= 15 is 0 Å². The summed E-state index contributed by atoms with van der Waals surface area (Å²) in [6.45, 7) is 0. The summed E-state index contributed by atoms with van der Waals surface area (Å²) in [5.41, 5.74) is 7.82. The van der Waals surface area contributed by atoms with Gasteiger partial charge in [-0.25, -0.2) is 0 Å². The normalized spacial score (nSPS) is 12.7. The molecular weight excluding hydrogens is 735 g/mol. The van der Waals surface area contributed by atoms with E-state index in [4.69, 9.17) is 22.1 Å². The molecule has 4 N–H and O–H groups in total. The maximum atomic E-state index is 13.6. The first-order chi connectivity index (χ1) is 16.5. The molecule has 0 bridgehead atoms. The van der Waals surface area contributed by atoms with Gasteiger partial charge in [-0.1, -0.05) is 29.8 Å². The van der Waals surface area contributed by atoms with E-state index in [1.807, 2.05) is 0 Å². The molecule has 0 saturated carbocycles. The quantitative estimate of drug-likeness (QED) is 0.167. The minimum Gasteiger partial charge on any atom is -0.506 e. The standard InChI is InChI=1S/C24H19Br4ClN2O4/c1-35-23-17(27)7-11(8-18(23)28)6-14(21(32)20(30)13-4-2-3-5-19(13)29)24(34)31-12-9-15(25)22(33)16(26)10-12/h2-5,7-10,14,20,33H,6,30H2,1H3,(H,31,34). The van der Waals surface area contributed by atoms with E-state index in [2.05, 4.69) is 69.0 Å². The van der Waals surface area contributed by atoms with Gasteiger partial charge in [-0.05, 0) is 112 Å². The van der Waals surface area contributed by atoms with Gasteiger partial charge in [-0.15, -0.1) is 0 Å².